The average Bonchev–Trinajstić information content (AvgIpc) is 2.38. The van der Waals surface area contributed by atoms with Crippen molar-refractivity contribution in [1.29, 1.82) is 0 Å². The van der Waals surface area contributed by atoms with Crippen LogP contribution in [0.4, 0.5) is 0 Å². The van der Waals surface area contributed by atoms with Crippen molar-refractivity contribution in [3.8, 4) is 0 Å². The van der Waals surface area contributed by atoms with Gasteiger partial charge in [0.1, 0.15) is 0 Å². The maximum atomic E-state index is 4.23. The van der Waals surface area contributed by atoms with Gasteiger partial charge in [-0.05, 0) is 18.3 Å². The minimum atomic E-state index is 0.393. The molecule has 0 aliphatic heterocycles. The number of hydrogen-bond acceptors (Lipinski definition) is 1. The molecule has 1 aromatic rings. The normalized spacial score (nSPS) is 11.9. The highest BCUT2D eigenvalue weighted by molar-refractivity contribution is 4.97. The zero-order valence-corrected chi connectivity index (χ0v) is 8.22. The molecule has 0 unspecified atom stereocenters. The van der Waals surface area contributed by atoms with Crippen LogP contribution in [-0.2, 0) is 6.42 Å². The Morgan fingerprint density at radius 3 is 2.75 bits per heavy atom. The molecule has 0 amide bonds. The summed E-state index contributed by atoms with van der Waals surface area (Å²) < 4.78 is 0. The minimum absolute atomic E-state index is 0.393. The molecule has 68 valence electrons. The molecule has 1 N–H and O–H groups in total. The lowest BCUT2D eigenvalue weighted by Crippen LogP contribution is -2.14. The van der Waals surface area contributed by atoms with Crippen LogP contribution in [0, 0.1) is 5.41 Å². The van der Waals surface area contributed by atoms with Crippen LogP contribution in [0.5, 0.6) is 0 Å². The van der Waals surface area contributed by atoms with E-state index in [1.165, 1.54) is 18.5 Å². The summed E-state index contributed by atoms with van der Waals surface area (Å²) in [6.07, 6.45) is 7.32. The molecular formula is C10H18N2. The lowest BCUT2D eigenvalue weighted by molar-refractivity contribution is 0.326. The van der Waals surface area contributed by atoms with E-state index in [1.54, 1.807) is 6.33 Å². The van der Waals surface area contributed by atoms with Gasteiger partial charge in [-0.25, -0.2) is 4.98 Å². The van der Waals surface area contributed by atoms with Crippen LogP contribution >= 0.6 is 0 Å². The fourth-order valence-electron chi connectivity index (χ4n) is 1.64. The molecule has 0 bridgehead atoms. The fourth-order valence-corrected chi connectivity index (χ4v) is 1.64. The largest absolute Gasteiger partial charge is 0.351 e. The lowest BCUT2D eigenvalue weighted by atomic mass is 9.84. The van der Waals surface area contributed by atoms with Gasteiger partial charge in [-0.1, -0.05) is 27.2 Å². The summed E-state index contributed by atoms with van der Waals surface area (Å²) in [6, 6.07) is 0. The van der Waals surface area contributed by atoms with Gasteiger partial charge in [0.25, 0.3) is 0 Å². The van der Waals surface area contributed by atoms with E-state index < -0.39 is 0 Å². The van der Waals surface area contributed by atoms with Crippen molar-refractivity contribution in [3.05, 3.63) is 18.2 Å². The molecular weight excluding hydrogens is 148 g/mol. The van der Waals surface area contributed by atoms with E-state index in [0.717, 1.165) is 6.42 Å². The highest BCUT2D eigenvalue weighted by atomic mass is 14.9. The predicted octanol–water partition coefficient (Wildman–Crippen LogP) is 2.78. The van der Waals surface area contributed by atoms with Gasteiger partial charge in [-0.15, -0.1) is 0 Å². The molecule has 0 saturated carbocycles. The molecule has 0 spiro atoms. The molecule has 2 nitrogen and oxygen atoms in total. The summed E-state index contributed by atoms with van der Waals surface area (Å²) in [5.74, 6) is 0. The van der Waals surface area contributed by atoms with Crippen molar-refractivity contribution < 1.29 is 0 Å². The van der Waals surface area contributed by atoms with Crippen molar-refractivity contribution >= 4 is 0 Å². The van der Waals surface area contributed by atoms with Crippen molar-refractivity contribution in [2.45, 2.75) is 40.0 Å². The van der Waals surface area contributed by atoms with E-state index in [-0.39, 0.29) is 0 Å². The smallest absolute Gasteiger partial charge is 0.0923 e. The summed E-state index contributed by atoms with van der Waals surface area (Å²) in [5, 5.41) is 0. The highest BCUT2D eigenvalue weighted by Crippen LogP contribution is 2.26. The van der Waals surface area contributed by atoms with Gasteiger partial charge in [0, 0.05) is 6.20 Å². The molecule has 0 fully saturated rings. The Kier molecular flexibility index (Phi) is 2.90. The summed E-state index contributed by atoms with van der Waals surface area (Å²) in [7, 11) is 0. The Hall–Kier alpha value is -0.790. The third-order valence-electron chi connectivity index (χ3n) is 2.14. The molecule has 1 aromatic heterocycles. The lowest BCUT2D eigenvalue weighted by Gasteiger charge is -2.22. The Balaban J connectivity index is 2.50. The van der Waals surface area contributed by atoms with Crippen molar-refractivity contribution in [1.82, 2.24) is 9.97 Å². The van der Waals surface area contributed by atoms with Gasteiger partial charge in [-0.3, -0.25) is 0 Å². The monoisotopic (exact) mass is 166 g/mol. The van der Waals surface area contributed by atoms with Gasteiger partial charge in [0.05, 0.1) is 12.0 Å². The first-order valence-electron chi connectivity index (χ1n) is 4.62. The maximum absolute atomic E-state index is 4.23. The molecule has 0 aromatic carbocycles. The van der Waals surface area contributed by atoms with E-state index in [1.807, 2.05) is 6.20 Å². The van der Waals surface area contributed by atoms with Crippen LogP contribution in [0.2, 0.25) is 0 Å². The molecule has 2 heteroatoms. The molecule has 12 heavy (non-hydrogen) atoms. The first-order chi connectivity index (χ1) is 5.64. The molecule has 0 atom stereocenters. The van der Waals surface area contributed by atoms with Crippen molar-refractivity contribution in [3.63, 3.8) is 0 Å². The van der Waals surface area contributed by atoms with Crippen LogP contribution in [0.15, 0.2) is 12.5 Å². The zero-order valence-electron chi connectivity index (χ0n) is 8.22. The number of H-pyrrole nitrogens is 1. The number of rotatable bonds is 4. The Labute approximate surface area is 74.4 Å². The van der Waals surface area contributed by atoms with Gasteiger partial charge >= 0.3 is 0 Å². The third-order valence-corrected chi connectivity index (χ3v) is 2.14. The van der Waals surface area contributed by atoms with Crippen LogP contribution < -0.4 is 0 Å². The summed E-state index contributed by atoms with van der Waals surface area (Å²) in [5.41, 5.74) is 1.57. The standard InChI is InChI=1S/C10H18N2/c1-4-5-10(2,3)6-9-7-11-8-12-9/h7-8H,4-6H2,1-3H3,(H,11,12). The first kappa shape index (κ1) is 9.30. The molecule has 0 saturated heterocycles. The molecule has 1 rings (SSSR count). The number of hydrogen-bond donors (Lipinski definition) is 1. The van der Waals surface area contributed by atoms with E-state index in [2.05, 4.69) is 30.7 Å². The van der Waals surface area contributed by atoms with Gasteiger partial charge in [0.15, 0.2) is 0 Å². The van der Waals surface area contributed by atoms with Crippen molar-refractivity contribution in [2.24, 2.45) is 5.41 Å². The minimum Gasteiger partial charge on any atom is -0.351 e. The quantitative estimate of drug-likeness (QED) is 0.732. The topological polar surface area (TPSA) is 28.7 Å². The molecule has 0 aliphatic rings. The predicted molar refractivity (Wildman–Crippen MR) is 51.0 cm³/mol. The average molecular weight is 166 g/mol. The second-order valence-electron chi connectivity index (χ2n) is 4.15. The SMILES string of the molecule is CCCC(C)(C)Cc1c[nH]cn1. The number of aromatic nitrogens is 2. The second-order valence-corrected chi connectivity index (χ2v) is 4.15. The van der Waals surface area contributed by atoms with Crippen molar-refractivity contribution in [2.75, 3.05) is 0 Å². The Bertz CT molecular complexity index is 212. The Morgan fingerprint density at radius 2 is 2.25 bits per heavy atom. The maximum Gasteiger partial charge on any atom is 0.0923 e. The van der Waals surface area contributed by atoms with Gasteiger partial charge in [-0.2, -0.15) is 0 Å². The van der Waals surface area contributed by atoms with Crippen LogP contribution in [0.3, 0.4) is 0 Å². The summed E-state index contributed by atoms with van der Waals surface area (Å²) >= 11 is 0. The fraction of sp³-hybridized carbons (Fsp3) is 0.700. The van der Waals surface area contributed by atoms with E-state index in [4.69, 9.17) is 0 Å². The Morgan fingerprint density at radius 1 is 1.50 bits per heavy atom. The summed E-state index contributed by atoms with van der Waals surface area (Å²) in [4.78, 5) is 7.21. The highest BCUT2D eigenvalue weighted by Gasteiger charge is 2.17. The van der Waals surface area contributed by atoms with E-state index >= 15 is 0 Å². The van der Waals surface area contributed by atoms with E-state index in [0.29, 0.717) is 5.41 Å². The summed E-state index contributed by atoms with van der Waals surface area (Å²) in [6.45, 7) is 6.82. The van der Waals surface area contributed by atoms with Crippen LogP contribution in [-0.4, -0.2) is 9.97 Å². The number of nitrogens with zero attached hydrogens (tertiary/aromatic N) is 1. The van der Waals surface area contributed by atoms with Gasteiger partial charge < -0.3 is 4.98 Å². The van der Waals surface area contributed by atoms with Crippen LogP contribution in [0.25, 0.3) is 0 Å². The van der Waals surface area contributed by atoms with Gasteiger partial charge in [0.2, 0.25) is 0 Å². The number of imidazole rings is 1. The number of nitrogens with one attached hydrogen (secondary N) is 1. The molecule has 0 radical (unpaired) electrons. The third kappa shape index (κ3) is 2.68. The zero-order chi connectivity index (χ0) is 9.03. The van der Waals surface area contributed by atoms with Crippen LogP contribution in [0.1, 0.15) is 39.3 Å². The van der Waals surface area contributed by atoms with E-state index in [9.17, 15) is 0 Å². The second kappa shape index (κ2) is 3.74. The molecule has 0 aliphatic carbocycles. The molecule has 1 heterocycles. The number of aromatic amines is 1. The first-order valence-corrected chi connectivity index (χ1v) is 4.62.